The topological polar surface area (TPSA) is 80.6 Å². The molecule has 0 unspecified atom stereocenters. The number of likely N-dealkylation sites (N-methyl/N-ethyl adjacent to an activating group) is 2. The summed E-state index contributed by atoms with van der Waals surface area (Å²) in [7, 11) is 4.89. The van der Waals surface area contributed by atoms with Crippen LogP contribution < -0.4 is 10.1 Å². The van der Waals surface area contributed by atoms with Gasteiger partial charge in [-0.1, -0.05) is 6.07 Å². The molecule has 2 saturated heterocycles. The molecule has 8 nitrogen and oxygen atoms in total. The molecule has 0 aromatic heterocycles. The number of phenolic OH excluding ortho intramolecular Hbond substituents is 1. The Kier molecular flexibility index (Phi) is 3.72. The maximum atomic E-state index is 12.0. The zero-order valence-corrected chi connectivity index (χ0v) is 13.7. The summed E-state index contributed by atoms with van der Waals surface area (Å²) in [6.07, 6.45) is 0.908. The van der Waals surface area contributed by atoms with Gasteiger partial charge in [-0.3, -0.25) is 0 Å². The number of phenols is 1. The van der Waals surface area contributed by atoms with E-state index in [4.69, 9.17) is 17.0 Å². The van der Waals surface area contributed by atoms with E-state index >= 15 is 0 Å². The minimum Gasteiger partial charge on any atom is -0.504 e. The fourth-order valence-corrected chi connectivity index (χ4v) is 3.00. The molecule has 0 radical (unpaired) electrons. The first-order chi connectivity index (χ1) is 11.0. The Morgan fingerprint density at radius 3 is 2.83 bits per heavy atom. The van der Waals surface area contributed by atoms with E-state index in [2.05, 4.69) is 10.4 Å². The van der Waals surface area contributed by atoms with Gasteiger partial charge in [0.05, 0.1) is 13.3 Å². The highest BCUT2D eigenvalue weighted by Gasteiger charge is 2.51. The smallest absolute Gasteiger partial charge is 0.323 e. The molecular formula is C14H17N5O3S. The van der Waals surface area contributed by atoms with Gasteiger partial charge in [0.25, 0.3) is 0 Å². The summed E-state index contributed by atoms with van der Waals surface area (Å²) in [5.41, 5.74) is 0.496. The first-order valence-corrected chi connectivity index (χ1v) is 7.36. The number of carbonyl (C=O) groups is 1. The second kappa shape index (κ2) is 5.58. The number of aromatic hydroxyl groups is 1. The monoisotopic (exact) mass is 335 g/mol. The SMILES string of the molecule is COc1cccc(/C=N\N2C(=S)N[C@@H]3[C@H]2N(C)C(=O)N3C)c1O. The fourth-order valence-electron chi connectivity index (χ4n) is 2.73. The van der Waals surface area contributed by atoms with Crippen LogP contribution in [-0.4, -0.2) is 70.8 Å². The highest BCUT2D eigenvalue weighted by atomic mass is 32.1. The van der Waals surface area contributed by atoms with Gasteiger partial charge in [0.2, 0.25) is 0 Å². The summed E-state index contributed by atoms with van der Waals surface area (Å²) in [5, 5.41) is 19.5. The number of nitrogens with zero attached hydrogens (tertiary/aromatic N) is 4. The average molecular weight is 335 g/mol. The van der Waals surface area contributed by atoms with Crippen LogP contribution in [0.3, 0.4) is 0 Å². The number of fused-ring (bicyclic) bond motifs is 1. The molecule has 23 heavy (non-hydrogen) atoms. The fraction of sp³-hybridized carbons (Fsp3) is 0.357. The maximum absolute atomic E-state index is 12.0. The molecule has 2 atom stereocenters. The second-order valence-corrected chi connectivity index (χ2v) is 5.69. The highest BCUT2D eigenvalue weighted by molar-refractivity contribution is 7.80. The molecule has 122 valence electrons. The maximum Gasteiger partial charge on any atom is 0.323 e. The summed E-state index contributed by atoms with van der Waals surface area (Å²) in [5.74, 6) is 0.364. The number of hydrogen-bond acceptors (Lipinski definition) is 5. The van der Waals surface area contributed by atoms with E-state index in [0.717, 1.165) is 0 Å². The van der Waals surface area contributed by atoms with Crippen molar-refractivity contribution in [3.63, 3.8) is 0 Å². The van der Waals surface area contributed by atoms with Gasteiger partial charge in [-0.2, -0.15) is 5.10 Å². The molecule has 2 heterocycles. The molecule has 3 rings (SSSR count). The predicted molar refractivity (Wildman–Crippen MR) is 88.3 cm³/mol. The molecule has 2 aliphatic heterocycles. The zero-order valence-electron chi connectivity index (χ0n) is 12.9. The van der Waals surface area contributed by atoms with Crippen LogP contribution in [0.15, 0.2) is 23.3 Å². The third-order valence-corrected chi connectivity index (χ3v) is 4.31. The Morgan fingerprint density at radius 1 is 1.39 bits per heavy atom. The van der Waals surface area contributed by atoms with Crippen molar-refractivity contribution in [2.24, 2.45) is 5.10 Å². The van der Waals surface area contributed by atoms with Crippen LogP contribution in [0.5, 0.6) is 11.5 Å². The van der Waals surface area contributed by atoms with Gasteiger partial charge in [-0.05, 0) is 24.4 Å². The molecule has 2 amide bonds. The lowest BCUT2D eigenvalue weighted by atomic mass is 10.2. The van der Waals surface area contributed by atoms with Crippen molar-refractivity contribution >= 4 is 29.6 Å². The van der Waals surface area contributed by atoms with Crippen molar-refractivity contribution < 1.29 is 14.6 Å². The van der Waals surface area contributed by atoms with Crippen molar-refractivity contribution in [1.29, 1.82) is 0 Å². The van der Waals surface area contributed by atoms with E-state index in [0.29, 0.717) is 16.4 Å². The van der Waals surface area contributed by atoms with Gasteiger partial charge in [0, 0.05) is 19.7 Å². The summed E-state index contributed by atoms with van der Waals surface area (Å²) in [6.45, 7) is 0. The summed E-state index contributed by atoms with van der Waals surface area (Å²) in [6, 6.07) is 5.01. The first kappa shape index (κ1) is 15.3. The number of methoxy groups -OCH3 is 1. The molecule has 2 aliphatic rings. The van der Waals surface area contributed by atoms with Gasteiger partial charge in [0.1, 0.15) is 6.17 Å². The zero-order chi connectivity index (χ0) is 16.7. The molecule has 0 saturated carbocycles. The quantitative estimate of drug-likeness (QED) is 0.621. The van der Waals surface area contributed by atoms with E-state index in [1.165, 1.54) is 13.3 Å². The summed E-state index contributed by atoms with van der Waals surface area (Å²) < 4.78 is 5.07. The standard InChI is InChI=1S/C14H17N5O3S/c1-17-11-12(18(2)14(17)21)19(13(23)16-11)15-7-8-5-4-6-9(22-3)10(8)20/h4-7,11-12,20H,1-3H3,(H,16,23)/b15-7-/t11-,12-/m0/s1. The molecule has 2 N–H and O–H groups in total. The van der Waals surface area contributed by atoms with Crippen LogP contribution in [0, 0.1) is 0 Å². The number of para-hydroxylation sites is 1. The molecule has 0 aliphatic carbocycles. The van der Waals surface area contributed by atoms with E-state index < -0.39 is 0 Å². The van der Waals surface area contributed by atoms with Crippen LogP contribution in [0.25, 0.3) is 0 Å². The number of ether oxygens (including phenoxy) is 1. The predicted octanol–water partition coefficient (Wildman–Crippen LogP) is 0.574. The van der Waals surface area contributed by atoms with Crippen LogP contribution >= 0.6 is 12.2 Å². The largest absolute Gasteiger partial charge is 0.504 e. The van der Waals surface area contributed by atoms with E-state index in [1.807, 2.05) is 0 Å². The Morgan fingerprint density at radius 2 is 2.13 bits per heavy atom. The normalized spacial score (nSPS) is 23.7. The van der Waals surface area contributed by atoms with Gasteiger partial charge in [0.15, 0.2) is 22.8 Å². The number of rotatable bonds is 3. The van der Waals surface area contributed by atoms with Crippen molar-refractivity contribution in [3.05, 3.63) is 23.8 Å². The average Bonchev–Trinajstić information content (AvgIpc) is 2.97. The van der Waals surface area contributed by atoms with Gasteiger partial charge >= 0.3 is 6.03 Å². The number of hydrazone groups is 1. The first-order valence-electron chi connectivity index (χ1n) is 6.95. The molecule has 1 aromatic carbocycles. The number of carbonyl (C=O) groups excluding carboxylic acids is 1. The number of nitrogens with one attached hydrogen (secondary N) is 1. The van der Waals surface area contributed by atoms with Gasteiger partial charge in [-0.25, -0.2) is 9.80 Å². The minimum atomic E-state index is -0.330. The van der Waals surface area contributed by atoms with Crippen molar-refractivity contribution in [3.8, 4) is 11.5 Å². The third kappa shape index (κ3) is 2.33. The number of benzene rings is 1. The summed E-state index contributed by atoms with van der Waals surface area (Å²) in [4.78, 5) is 15.2. The molecule has 2 fully saturated rings. The molecule has 0 spiro atoms. The highest BCUT2D eigenvalue weighted by Crippen LogP contribution is 2.29. The summed E-state index contributed by atoms with van der Waals surface area (Å²) >= 11 is 5.29. The Hall–Kier alpha value is -2.55. The number of urea groups is 1. The van der Waals surface area contributed by atoms with Crippen molar-refractivity contribution in [1.82, 2.24) is 20.1 Å². The van der Waals surface area contributed by atoms with Crippen LogP contribution in [-0.2, 0) is 0 Å². The Bertz CT molecular complexity index is 695. The molecule has 9 heteroatoms. The number of amides is 2. The third-order valence-electron chi connectivity index (χ3n) is 4.00. The van der Waals surface area contributed by atoms with Crippen molar-refractivity contribution in [2.75, 3.05) is 21.2 Å². The Labute approximate surface area is 138 Å². The van der Waals surface area contributed by atoms with Crippen LogP contribution in [0.2, 0.25) is 0 Å². The number of hydrogen-bond donors (Lipinski definition) is 2. The molecular weight excluding hydrogens is 318 g/mol. The lowest BCUT2D eigenvalue weighted by Gasteiger charge is -2.23. The van der Waals surface area contributed by atoms with Gasteiger partial charge in [-0.15, -0.1) is 0 Å². The second-order valence-electron chi connectivity index (χ2n) is 5.30. The van der Waals surface area contributed by atoms with E-state index in [1.54, 1.807) is 47.1 Å². The van der Waals surface area contributed by atoms with Gasteiger partial charge < -0.3 is 25.0 Å². The lowest BCUT2D eigenvalue weighted by Crippen LogP contribution is -2.41. The lowest BCUT2D eigenvalue weighted by molar-refractivity contribution is 0.174. The van der Waals surface area contributed by atoms with E-state index in [-0.39, 0.29) is 24.1 Å². The molecule has 1 aromatic rings. The minimum absolute atomic E-state index is 0.00125. The van der Waals surface area contributed by atoms with Crippen LogP contribution in [0.1, 0.15) is 5.56 Å². The van der Waals surface area contributed by atoms with Crippen molar-refractivity contribution in [2.45, 2.75) is 12.3 Å². The molecule has 0 bridgehead atoms. The van der Waals surface area contributed by atoms with Crippen LogP contribution in [0.4, 0.5) is 4.79 Å². The van der Waals surface area contributed by atoms with E-state index in [9.17, 15) is 9.90 Å². The Balaban J connectivity index is 1.88. The number of thiocarbonyl (C=S) groups is 1.